The standard InChI is InChI=1S/C24H26FN7O3S/c1-14-11-18(13-26-12-14)23-29-30-24(32(23)21-19(25)7-6-8-20(21)35-5)31-36(33,34)17(4)16(3)22-27-10-9-15(2)28-22/h6-13,16-17H,1-5H3,(H,30,31)/t16-,17-/m0/s1. The van der Waals surface area contributed by atoms with E-state index in [2.05, 4.69) is 29.9 Å². The molecule has 3 aromatic heterocycles. The van der Waals surface area contributed by atoms with Crippen molar-refractivity contribution >= 4 is 16.0 Å². The van der Waals surface area contributed by atoms with E-state index in [-0.39, 0.29) is 23.2 Å². The smallest absolute Gasteiger partial charge is 0.243 e. The van der Waals surface area contributed by atoms with Crippen LogP contribution in [0.5, 0.6) is 5.75 Å². The fourth-order valence-electron chi connectivity index (χ4n) is 3.69. The molecule has 0 spiro atoms. The summed E-state index contributed by atoms with van der Waals surface area (Å²) in [5.74, 6) is -0.620. The molecule has 4 rings (SSSR count). The summed E-state index contributed by atoms with van der Waals surface area (Å²) in [6, 6.07) is 7.83. The number of rotatable bonds is 8. The minimum Gasteiger partial charge on any atom is -0.494 e. The Kier molecular flexibility index (Phi) is 6.97. The van der Waals surface area contributed by atoms with Gasteiger partial charge in [0.25, 0.3) is 0 Å². The highest BCUT2D eigenvalue weighted by Gasteiger charge is 2.32. The van der Waals surface area contributed by atoms with Gasteiger partial charge >= 0.3 is 0 Å². The van der Waals surface area contributed by atoms with Crippen molar-refractivity contribution in [1.82, 2.24) is 29.7 Å². The van der Waals surface area contributed by atoms with Crippen molar-refractivity contribution in [3.05, 3.63) is 71.8 Å². The van der Waals surface area contributed by atoms with Gasteiger partial charge in [-0.1, -0.05) is 13.0 Å². The number of anilines is 1. The van der Waals surface area contributed by atoms with E-state index in [4.69, 9.17) is 4.74 Å². The third kappa shape index (κ3) is 4.89. The summed E-state index contributed by atoms with van der Waals surface area (Å²) in [6.45, 7) is 6.93. The average Bonchev–Trinajstić information content (AvgIpc) is 3.25. The first-order chi connectivity index (χ1) is 17.1. The molecule has 4 aromatic rings. The summed E-state index contributed by atoms with van der Waals surface area (Å²) in [5, 5.41) is 7.30. The number of para-hydroxylation sites is 1. The minimum atomic E-state index is -4.05. The van der Waals surface area contributed by atoms with Crippen molar-refractivity contribution < 1.29 is 17.5 Å². The number of ether oxygens (including phenoxy) is 1. The van der Waals surface area contributed by atoms with Crippen molar-refractivity contribution in [1.29, 1.82) is 0 Å². The van der Waals surface area contributed by atoms with Crippen LogP contribution in [0.2, 0.25) is 0 Å². The predicted molar refractivity (Wildman–Crippen MR) is 133 cm³/mol. The van der Waals surface area contributed by atoms with Gasteiger partial charge in [-0.15, -0.1) is 10.2 Å². The molecule has 0 aliphatic carbocycles. The Bertz CT molecular complexity index is 1510. The number of methoxy groups -OCH3 is 1. The number of hydrogen-bond acceptors (Lipinski definition) is 8. The number of aryl methyl sites for hydroxylation is 2. The van der Waals surface area contributed by atoms with Crippen molar-refractivity contribution in [2.45, 2.75) is 38.9 Å². The molecule has 0 fully saturated rings. The van der Waals surface area contributed by atoms with Gasteiger partial charge in [0.1, 0.15) is 17.3 Å². The molecule has 1 aromatic carbocycles. The topological polar surface area (TPSA) is 125 Å². The van der Waals surface area contributed by atoms with Crippen LogP contribution in [-0.4, -0.2) is 50.5 Å². The van der Waals surface area contributed by atoms with Crippen molar-refractivity contribution in [3.8, 4) is 22.8 Å². The second-order valence-corrected chi connectivity index (χ2v) is 10.5. The first-order valence-electron chi connectivity index (χ1n) is 11.1. The summed E-state index contributed by atoms with van der Waals surface area (Å²) < 4.78 is 51.2. The third-order valence-electron chi connectivity index (χ3n) is 5.84. The van der Waals surface area contributed by atoms with Gasteiger partial charge in [-0.25, -0.2) is 22.8 Å². The lowest BCUT2D eigenvalue weighted by Gasteiger charge is -2.21. The van der Waals surface area contributed by atoms with E-state index in [1.54, 1.807) is 57.6 Å². The number of hydrogen-bond donors (Lipinski definition) is 1. The summed E-state index contributed by atoms with van der Waals surface area (Å²) in [5.41, 5.74) is 2.05. The highest BCUT2D eigenvalue weighted by Crippen LogP contribution is 2.34. The van der Waals surface area contributed by atoms with Crippen LogP contribution in [0.25, 0.3) is 17.1 Å². The number of nitrogens with one attached hydrogen (secondary N) is 1. The first kappa shape index (κ1) is 25.2. The number of pyridine rings is 1. The van der Waals surface area contributed by atoms with Gasteiger partial charge in [-0.2, -0.15) is 0 Å². The van der Waals surface area contributed by atoms with Crippen molar-refractivity contribution in [2.24, 2.45) is 0 Å². The zero-order valence-corrected chi connectivity index (χ0v) is 21.3. The molecule has 0 aliphatic heterocycles. The third-order valence-corrected chi connectivity index (χ3v) is 7.69. The van der Waals surface area contributed by atoms with Gasteiger partial charge in [0.2, 0.25) is 16.0 Å². The number of halogens is 1. The van der Waals surface area contributed by atoms with Gasteiger partial charge < -0.3 is 4.74 Å². The summed E-state index contributed by atoms with van der Waals surface area (Å²) >= 11 is 0. The second-order valence-electron chi connectivity index (χ2n) is 8.42. The molecule has 3 heterocycles. The van der Waals surface area contributed by atoms with Crippen LogP contribution in [0, 0.1) is 19.7 Å². The molecule has 0 bridgehead atoms. The van der Waals surface area contributed by atoms with E-state index in [0.29, 0.717) is 11.4 Å². The number of nitrogens with zero attached hydrogens (tertiary/aromatic N) is 6. The molecule has 0 saturated carbocycles. The number of sulfonamides is 1. The lowest BCUT2D eigenvalue weighted by molar-refractivity contribution is 0.409. The lowest BCUT2D eigenvalue weighted by atomic mass is 10.1. The lowest BCUT2D eigenvalue weighted by Crippen LogP contribution is -2.31. The zero-order valence-electron chi connectivity index (χ0n) is 20.5. The minimum absolute atomic E-state index is 0.0399. The van der Waals surface area contributed by atoms with Crippen LogP contribution in [0.1, 0.15) is 36.8 Å². The van der Waals surface area contributed by atoms with Gasteiger partial charge in [-0.05, 0) is 50.6 Å². The van der Waals surface area contributed by atoms with Gasteiger partial charge in [0, 0.05) is 35.8 Å². The zero-order chi connectivity index (χ0) is 26.0. The van der Waals surface area contributed by atoms with E-state index in [9.17, 15) is 8.42 Å². The number of benzene rings is 1. The van der Waals surface area contributed by atoms with Crippen LogP contribution in [-0.2, 0) is 10.0 Å². The van der Waals surface area contributed by atoms with Crippen molar-refractivity contribution in [3.63, 3.8) is 0 Å². The van der Waals surface area contributed by atoms with E-state index in [1.165, 1.54) is 23.8 Å². The monoisotopic (exact) mass is 511 g/mol. The molecular formula is C24H26FN7O3S. The van der Waals surface area contributed by atoms with E-state index >= 15 is 4.39 Å². The first-order valence-corrected chi connectivity index (χ1v) is 12.7. The predicted octanol–water partition coefficient (Wildman–Crippen LogP) is 3.82. The van der Waals surface area contributed by atoms with Gasteiger partial charge in [0.05, 0.1) is 12.4 Å². The van der Waals surface area contributed by atoms with E-state index in [1.807, 2.05) is 6.92 Å². The molecule has 188 valence electrons. The molecule has 2 atom stereocenters. The van der Waals surface area contributed by atoms with Crippen LogP contribution < -0.4 is 9.46 Å². The molecule has 36 heavy (non-hydrogen) atoms. The Labute approximate surface area is 208 Å². The Balaban J connectivity index is 1.82. The number of aromatic nitrogens is 6. The normalized spacial score (nSPS) is 13.3. The van der Waals surface area contributed by atoms with Crippen LogP contribution in [0.4, 0.5) is 10.3 Å². The molecule has 0 amide bonds. The second kappa shape index (κ2) is 9.97. The average molecular weight is 512 g/mol. The fraction of sp³-hybridized carbons (Fsp3) is 0.292. The Morgan fingerprint density at radius 2 is 1.89 bits per heavy atom. The quantitative estimate of drug-likeness (QED) is 0.379. The molecule has 12 heteroatoms. The largest absolute Gasteiger partial charge is 0.494 e. The summed E-state index contributed by atoms with van der Waals surface area (Å²) in [4.78, 5) is 12.8. The molecule has 0 aliphatic rings. The molecule has 10 nitrogen and oxygen atoms in total. The summed E-state index contributed by atoms with van der Waals surface area (Å²) in [7, 11) is -2.65. The van der Waals surface area contributed by atoms with Crippen LogP contribution >= 0.6 is 0 Å². The van der Waals surface area contributed by atoms with Gasteiger partial charge in [0.15, 0.2) is 11.6 Å². The highest BCUT2D eigenvalue weighted by atomic mass is 32.2. The molecule has 0 radical (unpaired) electrons. The molecule has 1 N–H and O–H groups in total. The van der Waals surface area contributed by atoms with Crippen LogP contribution in [0.3, 0.4) is 0 Å². The van der Waals surface area contributed by atoms with Crippen LogP contribution in [0.15, 0.2) is 48.9 Å². The van der Waals surface area contributed by atoms with E-state index < -0.39 is 27.0 Å². The Morgan fingerprint density at radius 1 is 1.11 bits per heavy atom. The fourth-order valence-corrected chi connectivity index (χ4v) is 4.92. The molecular weight excluding hydrogens is 485 g/mol. The SMILES string of the molecule is COc1cccc(F)c1-n1c(NS(=O)(=O)[C@@H](C)[C@H](C)c2nccc(C)n2)nnc1-c1cncc(C)c1. The molecule has 0 unspecified atom stereocenters. The van der Waals surface area contributed by atoms with Gasteiger partial charge in [-0.3, -0.25) is 14.3 Å². The maximum absolute atomic E-state index is 15.2. The maximum atomic E-state index is 15.2. The Morgan fingerprint density at radius 3 is 2.58 bits per heavy atom. The highest BCUT2D eigenvalue weighted by molar-refractivity contribution is 7.93. The maximum Gasteiger partial charge on any atom is 0.243 e. The Hall–Kier alpha value is -3.93. The molecule has 0 saturated heterocycles. The summed E-state index contributed by atoms with van der Waals surface area (Å²) in [6.07, 6.45) is 4.79. The van der Waals surface area contributed by atoms with E-state index in [0.717, 1.165) is 11.3 Å². The van der Waals surface area contributed by atoms with Crippen molar-refractivity contribution in [2.75, 3.05) is 11.8 Å².